The van der Waals surface area contributed by atoms with Crippen LogP contribution in [0.15, 0.2) is 146 Å². The van der Waals surface area contributed by atoms with E-state index in [1.807, 2.05) is 0 Å². The van der Waals surface area contributed by atoms with Gasteiger partial charge in [-0.1, -0.05) is 121 Å². The Morgan fingerprint density at radius 1 is 0.315 bits per heavy atom. The molecule has 0 fully saturated rings. The van der Waals surface area contributed by atoms with E-state index in [0.29, 0.717) is 0 Å². The summed E-state index contributed by atoms with van der Waals surface area (Å²) in [5.41, 5.74) is 14.7. The maximum Gasteiger partial charge on any atom is 0.131 e. The number of benzene rings is 8. The van der Waals surface area contributed by atoms with E-state index in [1.165, 1.54) is 43.8 Å². The van der Waals surface area contributed by atoms with Crippen molar-refractivity contribution >= 4 is 21.5 Å². The highest BCUT2D eigenvalue weighted by Gasteiger charge is 2.30. The second-order valence-electron chi connectivity index (χ2n) is 15.2. The minimum absolute atomic E-state index is 0.270. The van der Waals surface area contributed by atoms with Crippen LogP contribution in [0, 0.1) is 0 Å². The van der Waals surface area contributed by atoms with Crippen LogP contribution in [0.4, 0.5) is 0 Å². The number of hydrogen-bond acceptors (Lipinski definition) is 2. The van der Waals surface area contributed by atoms with Crippen molar-refractivity contribution in [3.05, 3.63) is 168 Å². The topological polar surface area (TPSA) is 40.5 Å². The van der Waals surface area contributed by atoms with E-state index in [4.69, 9.17) is 0 Å². The molecule has 8 aromatic carbocycles. The summed E-state index contributed by atoms with van der Waals surface area (Å²) in [6.07, 6.45) is 8.06. The summed E-state index contributed by atoms with van der Waals surface area (Å²) in [6, 6.07) is 51.6. The summed E-state index contributed by atoms with van der Waals surface area (Å²) >= 11 is 0. The Balaban J connectivity index is 1.21. The molecule has 0 saturated heterocycles. The average Bonchev–Trinajstić information content (AvgIpc) is 3.23. The van der Waals surface area contributed by atoms with E-state index in [-0.39, 0.29) is 11.5 Å². The first-order chi connectivity index (χ1) is 26.6. The van der Waals surface area contributed by atoms with Gasteiger partial charge in [-0.3, -0.25) is 0 Å². The Bertz CT molecular complexity index is 2560. The van der Waals surface area contributed by atoms with E-state index in [9.17, 15) is 10.2 Å². The van der Waals surface area contributed by atoms with Crippen molar-refractivity contribution in [2.45, 2.75) is 51.4 Å². The van der Waals surface area contributed by atoms with Crippen molar-refractivity contribution in [1.29, 1.82) is 0 Å². The molecule has 2 heteroatoms. The maximum absolute atomic E-state index is 12.8. The summed E-state index contributed by atoms with van der Waals surface area (Å²) in [6.45, 7) is 0. The number of fused-ring (bicyclic) bond motifs is 4. The molecule has 0 heterocycles. The first-order valence-corrected chi connectivity index (χ1v) is 19.6. The van der Waals surface area contributed by atoms with Gasteiger partial charge in [-0.2, -0.15) is 0 Å². The van der Waals surface area contributed by atoms with Crippen LogP contribution >= 0.6 is 0 Å². The second-order valence-corrected chi connectivity index (χ2v) is 15.2. The Morgan fingerprint density at radius 3 is 1.13 bits per heavy atom. The van der Waals surface area contributed by atoms with Gasteiger partial charge in [-0.05, 0) is 153 Å². The molecule has 0 spiro atoms. The summed E-state index contributed by atoms with van der Waals surface area (Å²) in [5, 5.41) is 30.4. The van der Waals surface area contributed by atoms with Gasteiger partial charge in [-0.15, -0.1) is 0 Å². The largest absolute Gasteiger partial charge is 0.507 e. The quantitative estimate of drug-likeness (QED) is 0.188. The van der Waals surface area contributed by atoms with E-state index in [2.05, 4.69) is 146 Å². The van der Waals surface area contributed by atoms with Crippen LogP contribution < -0.4 is 0 Å². The lowest BCUT2D eigenvalue weighted by molar-refractivity contribution is 0.468. The zero-order valence-corrected chi connectivity index (χ0v) is 30.4. The fraction of sp³-hybridized carbons (Fsp3) is 0.154. The number of aryl methyl sites for hydroxylation is 2. The first kappa shape index (κ1) is 32.5. The van der Waals surface area contributed by atoms with Crippen molar-refractivity contribution in [3.63, 3.8) is 0 Å². The normalized spacial score (nSPS) is 13.9. The molecular weight excluding hydrogens is 657 g/mol. The number of phenols is 2. The van der Waals surface area contributed by atoms with Gasteiger partial charge in [0, 0.05) is 22.3 Å². The van der Waals surface area contributed by atoms with Gasteiger partial charge in [0.15, 0.2) is 0 Å². The smallest absolute Gasteiger partial charge is 0.131 e. The van der Waals surface area contributed by atoms with Crippen molar-refractivity contribution < 1.29 is 10.2 Å². The third kappa shape index (κ3) is 5.48. The molecule has 0 saturated carbocycles. The molecule has 2 aliphatic carbocycles. The highest BCUT2D eigenvalue weighted by molar-refractivity contribution is 5.99. The Hall–Kier alpha value is -6.12. The van der Waals surface area contributed by atoms with E-state index >= 15 is 0 Å². The average molecular weight is 699 g/mol. The minimum atomic E-state index is 0.270. The zero-order chi connectivity index (χ0) is 36.2. The van der Waals surface area contributed by atoms with E-state index in [1.54, 1.807) is 0 Å². The van der Waals surface area contributed by atoms with Crippen LogP contribution in [-0.2, 0) is 25.7 Å². The van der Waals surface area contributed by atoms with Crippen molar-refractivity contribution in [3.8, 4) is 67.1 Å². The molecule has 2 nitrogen and oxygen atoms in total. The standard InChI is InChI=1S/C52H42O2/c53-51-47(45-23-11-9-19-41(45)39-27-25-33-13-1-3-15-35(33)29-39)31-37-17-5-7-21-43(37)49(51)50-44-22-8-6-18-38(44)32-48(52(50)54)46-24-12-10-20-42(46)40-28-26-34-14-2-4-16-36(34)30-40/h1-4,9-16,19-20,23-32,53-54H,5-8,17-18,21-22H2. The SMILES string of the molecule is Oc1c(-c2ccccc2-c2ccc3ccccc3c2)cc2c(c1-c1c(O)c(-c3ccccc3-c3ccc4ccccc4c3)cc3c1CCCC3)CCCC2. The van der Waals surface area contributed by atoms with Gasteiger partial charge in [0.25, 0.3) is 0 Å². The Morgan fingerprint density at radius 2 is 0.685 bits per heavy atom. The molecule has 0 amide bonds. The molecular formula is C52H42O2. The van der Waals surface area contributed by atoms with Gasteiger partial charge in [0.05, 0.1) is 0 Å². The number of aromatic hydroxyl groups is 2. The maximum atomic E-state index is 12.8. The van der Waals surface area contributed by atoms with Crippen molar-refractivity contribution in [1.82, 2.24) is 0 Å². The number of phenolic OH excluding ortho intramolecular Hbond substituents is 2. The van der Waals surface area contributed by atoms with Gasteiger partial charge in [-0.25, -0.2) is 0 Å². The molecule has 54 heavy (non-hydrogen) atoms. The number of rotatable bonds is 5. The molecule has 0 radical (unpaired) electrons. The summed E-state index contributed by atoms with van der Waals surface area (Å²) in [5.74, 6) is 0.541. The summed E-state index contributed by atoms with van der Waals surface area (Å²) < 4.78 is 0. The molecule has 0 aliphatic heterocycles. The zero-order valence-electron chi connectivity index (χ0n) is 30.4. The molecule has 0 aromatic heterocycles. The predicted molar refractivity (Wildman–Crippen MR) is 225 cm³/mol. The molecule has 0 atom stereocenters. The van der Waals surface area contributed by atoms with Crippen molar-refractivity contribution in [2.24, 2.45) is 0 Å². The van der Waals surface area contributed by atoms with Crippen LogP contribution in [0.5, 0.6) is 11.5 Å². The highest BCUT2D eigenvalue weighted by atomic mass is 16.3. The van der Waals surface area contributed by atoms with Crippen LogP contribution in [0.3, 0.4) is 0 Å². The van der Waals surface area contributed by atoms with E-state index < -0.39 is 0 Å². The molecule has 2 N–H and O–H groups in total. The lowest BCUT2D eigenvalue weighted by Crippen LogP contribution is -2.10. The monoisotopic (exact) mass is 698 g/mol. The van der Waals surface area contributed by atoms with Crippen LogP contribution in [0.25, 0.3) is 77.2 Å². The molecule has 0 bridgehead atoms. The fourth-order valence-electron chi connectivity index (χ4n) is 9.39. The molecule has 10 rings (SSSR count). The first-order valence-electron chi connectivity index (χ1n) is 19.6. The molecule has 8 aromatic rings. The highest BCUT2D eigenvalue weighted by Crippen LogP contribution is 2.54. The predicted octanol–water partition coefficient (Wildman–Crippen LogP) is 13.5. The third-order valence-electron chi connectivity index (χ3n) is 12.1. The van der Waals surface area contributed by atoms with Gasteiger partial charge >= 0.3 is 0 Å². The summed E-state index contributed by atoms with van der Waals surface area (Å²) in [4.78, 5) is 0. The minimum Gasteiger partial charge on any atom is -0.507 e. The molecule has 262 valence electrons. The van der Waals surface area contributed by atoms with Crippen LogP contribution in [-0.4, -0.2) is 10.2 Å². The fourth-order valence-corrected chi connectivity index (χ4v) is 9.39. The van der Waals surface area contributed by atoms with E-state index in [0.717, 1.165) is 107 Å². The van der Waals surface area contributed by atoms with Crippen molar-refractivity contribution in [2.75, 3.05) is 0 Å². The lowest BCUT2D eigenvalue weighted by atomic mass is 9.76. The summed E-state index contributed by atoms with van der Waals surface area (Å²) in [7, 11) is 0. The van der Waals surface area contributed by atoms with Gasteiger partial charge < -0.3 is 10.2 Å². The second kappa shape index (κ2) is 13.4. The molecule has 2 aliphatic rings. The number of hydrogen-bond donors (Lipinski definition) is 2. The van der Waals surface area contributed by atoms with Gasteiger partial charge in [0.2, 0.25) is 0 Å². The lowest BCUT2D eigenvalue weighted by Gasteiger charge is -2.29. The van der Waals surface area contributed by atoms with Gasteiger partial charge in [0.1, 0.15) is 11.5 Å². The van der Waals surface area contributed by atoms with Crippen LogP contribution in [0.1, 0.15) is 47.9 Å². The van der Waals surface area contributed by atoms with Crippen LogP contribution in [0.2, 0.25) is 0 Å². The Kier molecular flexibility index (Phi) is 8.06. The molecule has 0 unspecified atom stereocenters. The third-order valence-corrected chi connectivity index (χ3v) is 12.1. The Labute approximate surface area is 317 Å².